The predicted molar refractivity (Wildman–Crippen MR) is 113 cm³/mol. The van der Waals surface area contributed by atoms with Gasteiger partial charge in [0.2, 0.25) is 0 Å². The molecule has 2 aromatic heterocycles. The second-order valence-electron chi connectivity index (χ2n) is 6.35. The number of fused-ring (bicyclic) bond motifs is 1. The van der Waals surface area contributed by atoms with Crippen LogP contribution in [0.1, 0.15) is 12.1 Å². The fourth-order valence-electron chi connectivity index (χ4n) is 3.25. The first-order chi connectivity index (χ1) is 13.2. The van der Waals surface area contributed by atoms with Crippen molar-refractivity contribution in [1.82, 2.24) is 20.3 Å². The number of nitrogens with one attached hydrogen (secondary N) is 2. The van der Waals surface area contributed by atoms with E-state index < -0.39 is 0 Å². The molecule has 7 nitrogen and oxygen atoms in total. The Balaban J connectivity index is 1.37. The lowest BCUT2D eigenvalue weighted by Crippen LogP contribution is -2.51. The van der Waals surface area contributed by atoms with Gasteiger partial charge >= 0.3 is 0 Å². The van der Waals surface area contributed by atoms with Crippen LogP contribution >= 0.6 is 23.8 Å². The number of hydrogen-bond acceptors (Lipinski definition) is 6. The van der Waals surface area contributed by atoms with Gasteiger partial charge in [0.15, 0.2) is 5.11 Å². The van der Waals surface area contributed by atoms with Crippen LogP contribution in [0.3, 0.4) is 0 Å². The highest BCUT2D eigenvalue weighted by Gasteiger charge is 2.21. The molecule has 0 radical (unpaired) electrons. The van der Waals surface area contributed by atoms with Crippen LogP contribution < -0.4 is 15.6 Å². The fraction of sp³-hybridized carbons (Fsp3) is 0.333. The molecule has 2 aromatic rings. The summed E-state index contributed by atoms with van der Waals surface area (Å²) in [6.45, 7) is 4.25. The van der Waals surface area contributed by atoms with E-state index in [0.29, 0.717) is 10.1 Å². The van der Waals surface area contributed by atoms with Crippen molar-refractivity contribution < 1.29 is 0 Å². The summed E-state index contributed by atoms with van der Waals surface area (Å²) in [6, 6.07) is 5.81. The molecule has 0 amide bonds. The summed E-state index contributed by atoms with van der Waals surface area (Å²) in [6.07, 6.45) is 6.15. The predicted octanol–water partition coefficient (Wildman–Crippen LogP) is 2.35. The maximum Gasteiger partial charge on any atom is 0.189 e. The molecule has 1 saturated heterocycles. The third-order valence-electron chi connectivity index (χ3n) is 4.70. The van der Waals surface area contributed by atoms with E-state index in [1.807, 2.05) is 12.3 Å². The maximum atomic E-state index is 6.24. The molecule has 1 fully saturated rings. The van der Waals surface area contributed by atoms with Crippen molar-refractivity contribution in [2.75, 3.05) is 42.9 Å². The molecule has 0 spiro atoms. The molecule has 0 unspecified atom stereocenters. The summed E-state index contributed by atoms with van der Waals surface area (Å²) in [5.41, 5.74) is 6.67. The Hall–Kier alpha value is -2.45. The minimum atomic E-state index is 0.635. The van der Waals surface area contributed by atoms with Crippen LogP contribution in [0.5, 0.6) is 0 Å². The first-order valence-corrected chi connectivity index (χ1v) is 9.66. The van der Waals surface area contributed by atoms with Crippen LogP contribution in [0.4, 0.5) is 11.4 Å². The standard InChI is InChI=1S/C18H20ClN7S/c19-14-3-6-22-17-15(4-7-21-16(14)17)23-24-18(27)26-10-8-25(9-11-26)13-2-1-5-20-12-13/h1-3,5-6,12,21H,4,7-11H2,(H,24,27)/b23-15-. The Bertz CT molecular complexity index is 850. The average molecular weight is 402 g/mol. The molecule has 27 heavy (non-hydrogen) atoms. The van der Waals surface area contributed by atoms with Gasteiger partial charge in [-0.25, -0.2) is 0 Å². The maximum absolute atomic E-state index is 6.24. The van der Waals surface area contributed by atoms with Gasteiger partial charge in [-0.3, -0.25) is 15.4 Å². The van der Waals surface area contributed by atoms with Gasteiger partial charge in [-0.05, 0) is 30.4 Å². The number of nitrogens with zero attached hydrogens (tertiary/aromatic N) is 5. The molecule has 4 heterocycles. The number of rotatable bonds is 2. The first-order valence-electron chi connectivity index (χ1n) is 8.87. The molecule has 2 N–H and O–H groups in total. The average Bonchev–Trinajstić information content (AvgIpc) is 2.73. The van der Waals surface area contributed by atoms with Crippen LogP contribution in [-0.2, 0) is 0 Å². The van der Waals surface area contributed by atoms with Gasteiger partial charge in [0.05, 0.1) is 28.3 Å². The Morgan fingerprint density at radius 1 is 1.22 bits per heavy atom. The van der Waals surface area contributed by atoms with E-state index in [4.69, 9.17) is 23.8 Å². The number of pyridine rings is 2. The zero-order chi connectivity index (χ0) is 18.6. The highest BCUT2D eigenvalue weighted by molar-refractivity contribution is 7.80. The minimum absolute atomic E-state index is 0.635. The Labute approximate surface area is 168 Å². The molecule has 0 atom stereocenters. The van der Waals surface area contributed by atoms with Crippen LogP contribution in [0.2, 0.25) is 5.02 Å². The largest absolute Gasteiger partial charge is 0.382 e. The summed E-state index contributed by atoms with van der Waals surface area (Å²) in [5.74, 6) is 0. The monoisotopic (exact) mass is 401 g/mol. The zero-order valence-corrected chi connectivity index (χ0v) is 16.3. The number of piperazine rings is 1. The molecule has 4 rings (SSSR count). The van der Waals surface area contributed by atoms with E-state index in [2.05, 4.69) is 41.7 Å². The number of hydrazone groups is 1. The highest BCUT2D eigenvalue weighted by Crippen LogP contribution is 2.28. The normalized spacial score (nSPS) is 18.0. The summed E-state index contributed by atoms with van der Waals surface area (Å²) in [4.78, 5) is 13.0. The van der Waals surface area contributed by atoms with Crippen LogP contribution in [0.15, 0.2) is 41.9 Å². The van der Waals surface area contributed by atoms with Crippen molar-refractivity contribution in [3.63, 3.8) is 0 Å². The second kappa shape index (κ2) is 8.06. The summed E-state index contributed by atoms with van der Waals surface area (Å²) in [7, 11) is 0. The van der Waals surface area contributed by atoms with Crippen molar-refractivity contribution in [1.29, 1.82) is 0 Å². The van der Waals surface area contributed by atoms with Crippen LogP contribution in [-0.4, -0.2) is 58.4 Å². The van der Waals surface area contributed by atoms with Crippen LogP contribution in [0.25, 0.3) is 0 Å². The van der Waals surface area contributed by atoms with Crippen molar-refractivity contribution in [3.8, 4) is 0 Å². The summed E-state index contributed by atoms with van der Waals surface area (Å²) >= 11 is 11.8. The van der Waals surface area contributed by atoms with E-state index in [-0.39, 0.29) is 0 Å². The quantitative estimate of drug-likeness (QED) is 0.591. The lowest BCUT2D eigenvalue weighted by atomic mass is 10.1. The summed E-state index contributed by atoms with van der Waals surface area (Å²) < 4.78 is 0. The van der Waals surface area contributed by atoms with E-state index in [0.717, 1.165) is 61.9 Å². The highest BCUT2D eigenvalue weighted by atomic mass is 35.5. The minimum Gasteiger partial charge on any atom is -0.382 e. The molecule has 140 valence electrons. The van der Waals surface area contributed by atoms with E-state index >= 15 is 0 Å². The number of anilines is 2. The van der Waals surface area contributed by atoms with Gasteiger partial charge in [-0.2, -0.15) is 5.10 Å². The van der Waals surface area contributed by atoms with Gasteiger partial charge in [-0.15, -0.1) is 0 Å². The topological polar surface area (TPSA) is 68.7 Å². The number of halogens is 1. The molecule has 0 saturated carbocycles. The molecule has 0 bridgehead atoms. The van der Waals surface area contributed by atoms with Crippen molar-refractivity contribution >= 4 is 46.0 Å². The Morgan fingerprint density at radius 2 is 2.07 bits per heavy atom. The Morgan fingerprint density at radius 3 is 2.85 bits per heavy atom. The number of aromatic nitrogens is 2. The third-order valence-corrected chi connectivity index (χ3v) is 5.37. The van der Waals surface area contributed by atoms with Crippen molar-refractivity contribution in [3.05, 3.63) is 47.5 Å². The molecular formula is C18H20ClN7S. The second-order valence-corrected chi connectivity index (χ2v) is 7.15. The van der Waals surface area contributed by atoms with Gasteiger partial charge < -0.3 is 15.1 Å². The lowest BCUT2D eigenvalue weighted by Gasteiger charge is -2.36. The number of thiocarbonyl (C=S) groups is 1. The summed E-state index contributed by atoms with van der Waals surface area (Å²) in [5, 5.41) is 9.08. The van der Waals surface area contributed by atoms with Crippen molar-refractivity contribution in [2.24, 2.45) is 5.10 Å². The molecule has 2 aliphatic rings. The zero-order valence-electron chi connectivity index (χ0n) is 14.7. The van der Waals surface area contributed by atoms with Crippen LogP contribution in [0, 0.1) is 0 Å². The molecule has 0 aromatic carbocycles. The first kappa shape index (κ1) is 17.9. The third kappa shape index (κ3) is 3.96. The SMILES string of the molecule is S=C(N/N=C1/CCNc2c(Cl)ccnc21)N1CCN(c2cccnc2)CC1. The van der Waals surface area contributed by atoms with E-state index in [1.165, 1.54) is 0 Å². The molecular weight excluding hydrogens is 382 g/mol. The van der Waals surface area contributed by atoms with E-state index in [9.17, 15) is 0 Å². The molecule has 9 heteroatoms. The van der Waals surface area contributed by atoms with Gasteiger partial charge in [0.1, 0.15) is 5.69 Å². The van der Waals surface area contributed by atoms with Crippen molar-refractivity contribution in [2.45, 2.75) is 6.42 Å². The smallest absolute Gasteiger partial charge is 0.189 e. The van der Waals surface area contributed by atoms with Gasteiger partial charge in [-0.1, -0.05) is 11.6 Å². The molecule has 2 aliphatic heterocycles. The van der Waals surface area contributed by atoms with E-state index in [1.54, 1.807) is 18.5 Å². The molecule has 0 aliphatic carbocycles. The number of hydrogen-bond donors (Lipinski definition) is 2. The van der Waals surface area contributed by atoms with Gasteiger partial charge in [0.25, 0.3) is 0 Å². The lowest BCUT2D eigenvalue weighted by molar-refractivity contribution is 0.381. The Kier molecular flexibility index (Phi) is 5.35. The fourth-order valence-corrected chi connectivity index (χ4v) is 3.69. The van der Waals surface area contributed by atoms with Gasteiger partial charge in [0, 0.05) is 51.5 Å².